The molecule has 0 aliphatic rings. The second kappa shape index (κ2) is 6.19. The Morgan fingerprint density at radius 1 is 1.64 bits per heavy atom. The highest BCUT2D eigenvalue weighted by molar-refractivity contribution is 5.01. The first-order valence-electron chi connectivity index (χ1n) is 4.03. The number of hydrogen-bond acceptors (Lipinski definition) is 3. The maximum Gasteiger partial charge on any atom is 0.0434 e. The lowest BCUT2D eigenvalue weighted by molar-refractivity contribution is 0.288. The summed E-state index contributed by atoms with van der Waals surface area (Å²) < 4.78 is 0. The van der Waals surface area contributed by atoms with Crippen LogP contribution in [0.4, 0.5) is 0 Å². The van der Waals surface area contributed by atoms with Gasteiger partial charge < -0.3 is 16.6 Å². The van der Waals surface area contributed by atoms with Gasteiger partial charge in [-0.3, -0.25) is 0 Å². The molecule has 0 fully saturated rings. The zero-order chi connectivity index (χ0) is 8.69. The van der Waals surface area contributed by atoms with Gasteiger partial charge in [-0.2, -0.15) is 0 Å². The van der Waals surface area contributed by atoms with E-state index in [0.717, 1.165) is 25.0 Å². The van der Waals surface area contributed by atoms with Crippen LogP contribution >= 0.6 is 0 Å². The van der Waals surface area contributed by atoms with E-state index in [1.807, 2.05) is 13.0 Å². The van der Waals surface area contributed by atoms with Crippen LogP contribution in [-0.4, -0.2) is 17.8 Å². The van der Waals surface area contributed by atoms with Crippen LogP contribution in [0.15, 0.2) is 11.8 Å². The van der Waals surface area contributed by atoms with Gasteiger partial charge in [-0.05, 0) is 25.3 Å². The quantitative estimate of drug-likeness (QED) is 0.540. The van der Waals surface area contributed by atoms with E-state index in [1.165, 1.54) is 0 Å². The second-order valence-electron chi connectivity index (χ2n) is 2.64. The van der Waals surface area contributed by atoms with Crippen molar-refractivity contribution in [2.75, 3.05) is 6.61 Å². The summed E-state index contributed by atoms with van der Waals surface area (Å²) in [5.41, 5.74) is 12.0. The topological polar surface area (TPSA) is 72.3 Å². The summed E-state index contributed by atoms with van der Waals surface area (Å²) in [4.78, 5) is 0. The average molecular weight is 158 g/mol. The van der Waals surface area contributed by atoms with Crippen LogP contribution in [0.25, 0.3) is 0 Å². The minimum atomic E-state index is 0.0636. The van der Waals surface area contributed by atoms with Crippen molar-refractivity contribution < 1.29 is 5.11 Å². The van der Waals surface area contributed by atoms with Crippen molar-refractivity contribution in [2.45, 2.75) is 32.2 Å². The maximum absolute atomic E-state index is 8.49. The average Bonchev–Trinajstić information content (AvgIpc) is 2.00. The van der Waals surface area contributed by atoms with Crippen LogP contribution < -0.4 is 11.5 Å². The molecule has 3 nitrogen and oxygen atoms in total. The lowest BCUT2D eigenvalue weighted by atomic mass is 10.1. The molecule has 1 atom stereocenters. The Morgan fingerprint density at radius 3 is 2.73 bits per heavy atom. The molecular weight excluding hydrogens is 140 g/mol. The number of aliphatic hydroxyl groups excluding tert-OH is 1. The van der Waals surface area contributed by atoms with E-state index < -0.39 is 0 Å². The van der Waals surface area contributed by atoms with E-state index in [-0.39, 0.29) is 12.6 Å². The molecule has 0 aliphatic carbocycles. The Kier molecular flexibility index (Phi) is 5.88. The molecule has 0 aromatic heterocycles. The monoisotopic (exact) mass is 158 g/mol. The van der Waals surface area contributed by atoms with Gasteiger partial charge in [0.15, 0.2) is 0 Å². The Morgan fingerprint density at radius 2 is 2.27 bits per heavy atom. The summed E-state index contributed by atoms with van der Waals surface area (Å²) in [6, 6.07) is 0.0636. The number of aliphatic hydroxyl groups is 1. The fraction of sp³-hybridized carbons (Fsp3) is 0.750. The third kappa shape index (κ3) is 5.88. The van der Waals surface area contributed by atoms with Gasteiger partial charge in [0.25, 0.3) is 0 Å². The zero-order valence-electron chi connectivity index (χ0n) is 7.09. The van der Waals surface area contributed by atoms with Crippen LogP contribution in [0, 0.1) is 0 Å². The van der Waals surface area contributed by atoms with Crippen molar-refractivity contribution in [3.05, 3.63) is 11.8 Å². The van der Waals surface area contributed by atoms with Crippen LogP contribution in [0.2, 0.25) is 0 Å². The SMILES string of the molecule is CCC(N)C=C(N)CCCO. The van der Waals surface area contributed by atoms with Gasteiger partial charge >= 0.3 is 0 Å². The second-order valence-corrected chi connectivity index (χ2v) is 2.64. The lowest BCUT2D eigenvalue weighted by Crippen LogP contribution is -2.17. The van der Waals surface area contributed by atoms with Crippen molar-refractivity contribution in [3.63, 3.8) is 0 Å². The van der Waals surface area contributed by atoms with Crippen LogP contribution in [0.5, 0.6) is 0 Å². The Balaban J connectivity index is 3.61. The number of hydrogen-bond donors (Lipinski definition) is 3. The first-order valence-corrected chi connectivity index (χ1v) is 4.03. The molecule has 5 N–H and O–H groups in total. The molecule has 0 aromatic rings. The molecule has 1 unspecified atom stereocenters. The van der Waals surface area contributed by atoms with E-state index in [2.05, 4.69) is 0 Å². The highest BCUT2D eigenvalue weighted by atomic mass is 16.2. The van der Waals surface area contributed by atoms with Gasteiger partial charge in [-0.15, -0.1) is 0 Å². The summed E-state index contributed by atoms with van der Waals surface area (Å²) in [7, 11) is 0. The molecule has 0 saturated carbocycles. The highest BCUT2D eigenvalue weighted by Gasteiger charge is 1.95. The number of nitrogens with two attached hydrogens (primary N) is 2. The zero-order valence-corrected chi connectivity index (χ0v) is 7.09. The maximum atomic E-state index is 8.49. The molecule has 0 aliphatic heterocycles. The van der Waals surface area contributed by atoms with Crippen LogP contribution in [-0.2, 0) is 0 Å². The third-order valence-corrected chi connectivity index (χ3v) is 1.52. The standard InChI is InChI=1S/C8H18N2O/c1-2-7(9)6-8(10)4-3-5-11/h6-7,11H,2-5,9-10H2,1H3. The first kappa shape index (κ1) is 10.5. The van der Waals surface area contributed by atoms with E-state index in [9.17, 15) is 0 Å². The summed E-state index contributed by atoms with van der Waals surface area (Å²) in [6.45, 7) is 2.20. The van der Waals surface area contributed by atoms with Gasteiger partial charge in [0.05, 0.1) is 0 Å². The van der Waals surface area contributed by atoms with E-state index in [1.54, 1.807) is 0 Å². The van der Waals surface area contributed by atoms with Crippen LogP contribution in [0.1, 0.15) is 26.2 Å². The fourth-order valence-electron chi connectivity index (χ4n) is 0.759. The van der Waals surface area contributed by atoms with Gasteiger partial charge in [0, 0.05) is 18.3 Å². The van der Waals surface area contributed by atoms with E-state index >= 15 is 0 Å². The molecule has 0 aromatic carbocycles. The van der Waals surface area contributed by atoms with E-state index in [0.29, 0.717) is 0 Å². The Labute approximate surface area is 68.1 Å². The molecular formula is C8H18N2O. The number of allylic oxidation sites excluding steroid dienone is 1. The number of rotatable bonds is 5. The van der Waals surface area contributed by atoms with Crippen molar-refractivity contribution in [1.29, 1.82) is 0 Å². The summed E-state index contributed by atoms with van der Waals surface area (Å²) in [6.07, 6.45) is 4.22. The Hall–Kier alpha value is -0.540. The molecule has 3 heteroatoms. The summed E-state index contributed by atoms with van der Waals surface area (Å²) in [5.74, 6) is 0. The molecule has 0 radical (unpaired) electrons. The predicted molar refractivity (Wildman–Crippen MR) is 46.9 cm³/mol. The molecule has 0 saturated heterocycles. The van der Waals surface area contributed by atoms with Crippen molar-refractivity contribution in [1.82, 2.24) is 0 Å². The molecule has 0 amide bonds. The summed E-state index contributed by atoms with van der Waals surface area (Å²) in [5, 5.41) is 8.49. The molecule has 11 heavy (non-hydrogen) atoms. The molecule has 0 bridgehead atoms. The first-order chi connectivity index (χ1) is 5.20. The fourth-order valence-corrected chi connectivity index (χ4v) is 0.759. The van der Waals surface area contributed by atoms with Gasteiger partial charge in [-0.1, -0.05) is 6.92 Å². The predicted octanol–water partition coefficient (Wildman–Crippen LogP) is 0.339. The Bertz CT molecular complexity index is 123. The smallest absolute Gasteiger partial charge is 0.0434 e. The van der Waals surface area contributed by atoms with Gasteiger partial charge in [0.1, 0.15) is 0 Å². The van der Waals surface area contributed by atoms with Crippen molar-refractivity contribution in [3.8, 4) is 0 Å². The van der Waals surface area contributed by atoms with Crippen molar-refractivity contribution in [2.24, 2.45) is 11.5 Å². The normalized spacial score (nSPS) is 15.0. The highest BCUT2D eigenvalue weighted by Crippen LogP contribution is 1.99. The van der Waals surface area contributed by atoms with Gasteiger partial charge in [0.2, 0.25) is 0 Å². The lowest BCUT2D eigenvalue weighted by Gasteiger charge is -2.04. The van der Waals surface area contributed by atoms with Gasteiger partial charge in [-0.25, -0.2) is 0 Å². The molecule has 66 valence electrons. The van der Waals surface area contributed by atoms with Crippen molar-refractivity contribution >= 4 is 0 Å². The van der Waals surface area contributed by atoms with Crippen LogP contribution in [0.3, 0.4) is 0 Å². The minimum Gasteiger partial charge on any atom is -0.402 e. The third-order valence-electron chi connectivity index (χ3n) is 1.52. The summed E-state index contributed by atoms with van der Waals surface area (Å²) >= 11 is 0. The molecule has 0 heterocycles. The van der Waals surface area contributed by atoms with E-state index in [4.69, 9.17) is 16.6 Å². The molecule has 0 spiro atoms. The molecule has 0 rings (SSSR count). The minimum absolute atomic E-state index is 0.0636. The largest absolute Gasteiger partial charge is 0.402 e.